The van der Waals surface area contributed by atoms with Crippen LogP contribution in [0.2, 0.25) is 0 Å². The summed E-state index contributed by atoms with van der Waals surface area (Å²) in [5.74, 6) is -0.353. The van der Waals surface area contributed by atoms with E-state index in [2.05, 4.69) is 10.3 Å². The average Bonchev–Trinajstić information content (AvgIpc) is 3.05. The summed E-state index contributed by atoms with van der Waals surface area (Å²) < 4.78 is 0. The quantitative estimate of drug-likeness (QED) is 0.841. The third kappa shape index (κ3) is 4.15. The highest BCUT2D eigenvalue weighted by Crippen LogP contribution is 2.09. The lowest BCUT2D eigenvalue weighted by Gasteiger charge is -2.14. The van der Waals surface area contributed by atoms with Crippen molar-refractivity contribution >= 4 is 35.6 Å². The van der Waals surface area contributed by atoms with Crippen LogP contribution >= 0.6 is 23.7 Å². The van der Waals surface area contributed by atoms with Gasteiger partial charge in [-0.2, -0.15) is 0 Å². The molecule has 0 radical (unpaired) electrons. The van der Waals surface area contributed by atoms with Gasteiger partial charge in [0.15, 0.2) is 0 Å². The molecule has 1 aromatic rings. The summed E-state index contributed by atoms with van der Waals surface area (Å²) >= 11 is 1.35. The number of amides is 2. The van der Waals surface area contributed by atoms with Gasteiger partial charge in [0, 0.05) is 25.0 Å². The number of nitrogens with one attached hydrogen (secondary N) is 1. The lowest BCUT2D eigenvalue weighted by atomic mass is 10.4. The molecule has 6 nitrogen and oxygen atoms in total. The topological polar surface area (TPSA) is 88.3 Å². The number of halogens is 1. The normalized spacial score (nSPS) is 14.1. The van der Waals surface area contributed by atoms with E-state index >= 15 is 0 Å². The second kappa shape index (κ2) is 7.42. The van der Waals surface area contributed by atoms with E-state index < -0.39 is 0 Å². The molecule has 0 unspecified atom stereocenters. The number of thiazole rings is 1. The van der Waals surface area contributed by atoms with Crippen molar-refractivity contribution in [2.24, 2.45) is 5.73 Å². The van der Waals surface area contributed by atoms with Gasteiger partial charge in [0.2, 0.25) is 5.91 Å². The summed E-state index contributed by atoms with van der Waals surface area (Å²) in [6, 6.07) is 0. The monoisotopic (exact) mass is 304 g/mol. The number of likely N-dealkylation sites (tertiary alicyclic amines) is 1. The molecule has 0 aromatic carbocycles. The molecule has 1 fully saturated rings. The SMILES string of the molecule is Cl.NCc1nc(C(=O)NCC(=O)N2CCCC2)cs1. The number of carbonyl (C=O) groups excluding carboxylic acids is 2. The Bertz CT molecular complexity index is 446. The number of carbonyl (C=O) groups is 2. The fourth-order valence-electron chi connectivity index (χ4n) is 1.83. The van der Waals surface area contributed by atoms with Gasteiger partial charge in [0.1, 0.15) is 10.7 Å². The van der Waals surface area contributed by atoms with Gasteiger partial charge in [-0.15, -0.1) is 23.7 Å². The van der Waals surface area contributed by atoms with Crippen molar-refractivity contribution in [1.29, 1.82) is 0 Å². The minimum absolute atomic E-state index is 0. The lowest BCUT2D eigenvalue weighted by Crippen LogP contribution is -2.38. The molecule has 3 N–H and O–H groups in total. The second-order valence-corrected chi connectivity index (χ2v) is 5.04. The third-order valence-corrected chi connectivity index (χ3v) is 3.69. The molecular formula is C11H17ClN4O2S. The maximum Gasteiger partial charge on any atom is 0.271 e. The summed E-state index contributed by atoms with van der Waals surface area (Å²) in [6.07, 6.45) is 2.09. The van der Waals surface area contributed by atoms with E-state index in [0.29, 0.717) is 17.2 Å². The summed E-state index contributed by atoms with van der Waals surface area (Å²) in [5, 5.41) is 4.95. The zero-order chi connectivity index (χ0) is 13.0. The van der Waals surface area contributed by atoms with Crippen molar-refractivity contribution in [3.05, 3.63) is 16.1 Å². The van der Waals surface area contributed by atoms with Gasteiger partial charge in [-0.25, -0.2) is 4.98 Å². The van der Waals surface area contributed by atoms with Crippen LogP contribution in [0.15, 0.2) is 5.38 Å². The van der Waals surface area contributed by atoms with E-state index in [1.807, 2.05) is 0 Å². The first-order chi connectivity index (χ1) is 8.70. The van der Waals surface area contributed by atoms with Crippen LogP contribution in [0.4, 0.5) is 0 Å². The average molecular weight is 305 g/mol. The number of nitrogens with zero attached hydrogens (tertiary/aromatic N) is 2. The molecule has 2 heterocycles. The molecule has 106 valence electrons. The largest absolute Gasteiger partial charge is 0.342 e. The fourth-order valence-corrected chi connectivity index (χ4v) is 2.49. The fraction of sp³-hybridized carbons (Fsp3) is 0.545. The van der Waals surface area contributed by atoms with Gasteiger partial charge < -0.3 is 16.0 Å². The van der Waals surface area contributed by atoms with Crippen molar-refractivity contribution in [2.75, 3.05) is 19.6 Å². The van der Waals surface area contributed by atoms with E-state index in [4.69, 9.17) is 5.73 Å². The molecule has 1 aliphatic heterocycles. The Morgan fingerprint density at radius 2 is 2.11 bits per heavy atom. The summed E-state index contributed by atoms with van der Waals surface area (Å²) in [7, 11) is 0. The van der Waals surface area contributed by atoms with E-state index in [1.54, 1.807) is 10.3 Å². The van der Waals surface area contributed by atoms with Gasteiger partial charge >= 0.3 is 0 Å². The minimum atomic E-state index is -0.321. The van der Waals surface area contributed by atoms with Crippen LogP contribution < -0.4 is 11.1 Å². The van der Waals surface area contributed by atoms with Gasteiger partial charge in [-0.1, -0.05) is 0 Å². The number of aromatic nitrogens is 1. The smallest absolute Gasteiger partial charge is 0.271 e. The Balaban J connectivity index is 0.00000180. The molecule has 2 rings (SSSR count). The van der Waals surface area contributed by atoms with Crippen LogP contribution in [0.25, 0.3) is 0 Å². The Morgan fingerprint density at radius 1 is 1.42 bits per heavy atom. The van der Waals surface area contributed by atoms with Crippen molar-refractivity contribution in [2.45, 2.75) is 19.4 Å². The van der Waals surface area contributed by atoms with E-state index in [-0.39, 0.29) is 30.8 Å². The Morgan fingerprint density at radius 3 is 2.68 bits per heavy atom. The predicted octanol–water partition coefficient (Wildman–Crippen LogP) is 0.376. The molecule has 1 aromatic heterocycles. The summed E-state index contributed by atoms with van der Waals surface area (Å²) in [5.41, 5.74) is 5.75. The van der Waals surface area contributed by atoms with E-state index in [0.717, 1.165) is 25.9 Å². The Hall–Kier alpha value is -1.18. The molecule has 0 aliphatic carbocycles. The van der Waals surface area contributed by atoms with Gasteiger partial charge in [-0.05, 0) is 12.8 Å². The maximum atomic E-state index is 11.7. The van der Waals surface area contributed by atoms with E-state index in [1.165, 1.54) is 11.3 Å². The molecule has 1 aliphatic rings. The van der Waals surface area contributed by atoms with Crippen LogP contribution in [0.5, 0.6) is 0 Å². The summed E-state index contributed by atoms with van der Waals surface area (Å²) in [6.45, 7) is 1.95. The molecule has 0 bridgehead atoms. The first kappa shape index (κ1) is 15.9. The zero-order valence-electron chi connectivity index (χ0n) is 10.4. The molecule has 2 amide bonds. The zero-order valence-corrected chi connectivity index (χ0v) is 12.1. The van der Waals surface area contributed by atoms with Gasteiger partial charge in [0.05, 0.1) is 6.54 Å². The van der Waals surface area contributed by atoms with Crippen LogP contribution in [-0.4, -0.2) is 41.3 Å². The molecule has 0 spiro atoms. The van der Waals surface area contributed by atoms with Gasteiger partial charge in [-0.3, -0.25) is 9.59 Å². The van der Waals surface area contributed by atoms with Crippen LogP contribution in [0, 0.1) is 0 Å². The van der Waals surface area contributed by atoms with Crippen molar-refractivity contribution < 1.29 is 9.59 Å². The highest BCUT2D eigenvalue weighted by Gasteiger charge is 2.19. The summed E-state index contributed by atoms with van der Waals surface area (Å²) in [4.78, 5) is 29.3. The number of nitrogens with two attached hydrogens (primary N) is 1. The van der Waals surface area contributed by atoms with E-state index in [9.17, 15) is 9.59 Å². The first-order valence-electron chi connectivity index (χ1n) is 5.91. The lowest BCUT2D eigenvalue weighted by molar-refractivity contribution is -0.129. The second-order valence-electron chi connectivity index (χ2n) is 4.10. The van der Waals surface area contributed by atoms with Crippen LogP contribution in [0.3, 0.4) is 0 Å². The van der Waals surface area contributed by atoms with Gasteiger partial charge in [0.25, 0.3) is 5.91 Å². The Labute approximate surface area is 121 Å². The standard InChI is InChI=1S/C11H16N4O2S.ClH/c12-5-9-14-8(7-18-9)11(17)13-6-10(16)15-3-1-2-4-15;/h7H,1-6,12H2,(H,13,17);1H. The number of hydrogen-bond acceptors (Lipinski definition) is 5. The molecule has 19 heavy (non-hydrogen) atoms. The molecule has 1 saturated heterocycles. The van der Waals surface area contributed by atoms with Crippen molar-refractivity contribution in [1.82, 2.24) is 15.2 Å². The number of hydrogen-bond donors (Lipinski definition) is 2. The highest BCUT2D eigenvalue weighted by molar-refractivity contribution is 7.09. The van der Waals surface area contributed by atoms with Crippen LogP contribution in [0.1, 0.15) is 28.3 Å². The highest BCUT2D eigenvalue weighted by atomic mass is 35.5. The molecule has 0 atom stereocenters. The van der Waals surface area contributed by atoms with Crippen LogP contribution in [-0.2, 0) is 11.3 Å². The molecular weight excluding hydrogens is 288 g/mol. The third-order valence-electron chi connectivity index (χ3n) is 2.82. The maximum absolute atomic E-state index is 11.7. The predicted molar refractivity (Wildman–Crippen MR) is 75.4 cm³/mol. The number of rotatable bonds is 4. The minimum Gasteiger partial charge on any atom is -0.342 e. The molecule has 0 saturated carbocycles. The van der Waals surface area contributed by atoms with Crippen molar-refractivity contribution in [3.8, 4) is 0 Å². The molecule has 8 heteroatoms. The Kier molecular flexibility index (Phi) is 6.20. The van der Waals surface area contributed by atoms with Crippen molar-refractivity contribution in [3.63, 3.8) is 0 Å². The first-order valence-corrected chi connectivity index (χ1v) is 6.79.